The predicted molar refractivity (Wildman–Crippen MR) is 126 cm³/mol. The lowest BCUT2D eigenvalue weighted by Gasteiger charge is -2.30. The Morgan fingerprint density at radius 3 is 2.79 bits per heavy atom. The molecule has 0 saturated carbocycles. The van der Waals surface area contributed by atoms with Crippen molar-refractivity contribution in [1.29, 1.82) is 0 Å². The van der Waals surface area contributed by atoms with E-state index in [4.69, 9.17) is 15.2 Å². The van der Waals surface area contributed by atoms with E-state index in [9.17, 15) is 4.39 Å². The summed E-state index contributed by atoms with van der Waals surface area (Å²) in [6, 6.07) is 5.22. The molecule has 2 saturated heterocycles. The minimum atomic E-state index is -0.432. The Morgan fingerprint density at radius 1 is 1.24 bits per heavy atom. The second-order valence-electron chi connectivity index (χ2n) is 8.61. The molecule has 0 amide bonds. The molecule has 0 radical (unpaired) electrons. The van der Waals surface area contributed by atoms with Crippen LogP contribution in [0.3, 0.4) is 0 Å². The SMILES string of the molecule is CCN1CCCC1CN(c1ccc(OC)c(F)c1)c1nc(N)nc(NCC2CCOCC2)n1. The van der Waals surface area contributed by atoms with Crippen LogP contribution in [0.15, 0.2) is 18.2 Å². The number of hydrogen-bond acceptors (Lipinski definition) is 9. The number of hydrogen-bond donors (Lipinski definition) is 2. The molecular weight excluding hydrogens is 425 g/mol. The smallest absolute Gasteiger partial charge is 0.236 e. The highest BCUT2D eigenvalue weighted by atomic mass is 19.1. The highest BCUT2D eigenvalue weighted by Crippen LogP contribution is 2.30. The summed E-state index contributed by atoms with van der Waals surface area (Å²) in [5, 5.41) is 3.32. The van der Waals surface area contributed by atoms with Crippen molar-refractivity contribution in [3.8, 4) is 5.75 Å². The molecule has 4 rings (SSSR count). The number of aromatic nitrogens is 3. The van der Waals surface area contributed by atoms with Gasteiger partial charge >= 0.3 is 0 Å². The third-order valence-corrected chi connectivity index (χ3v) is 6.52. The van der Waals surface area contributed by atoms with E-state index in [1.807, 2.05) is 11.0 Å². The Morgan fingerprint density at radius 2 is 2.06 bits per heavy atom. The molecule has 0 aliphatic carbocycles. The third kappa shape index (κ3) is 5.80. The van der Waals surface area contributed by atoms with Crippen LogP contribution in [0.25, 0.3) is 0 Å². The molecule has 180 valence electrons. The van der Waals surface area contributed by atoms with Crippen LogP contribution < -0.4 is 20.7 Å². The van der Waals surface area contributed by atoms with Crippen LogP contribution >= 0.6 is 0 Å². The third-order valence-electron chi connectivity index (χ3n) is 6.52. The van der Waals surface area contributed by atoms with E-state index in [-0.39, 0.29) is 11.7 Å². The van der Waals surface area contributed by atoms with Gasteiger partial charge in [0.05, 0.1) is 7.11 Å². The van der Waals surface area contributed by atoms with E-state index in [2.05, 4.69) is 32.1 Å². The number of likely N-dealkylation sites (tertiary alicyclic amines) is 1. The summed E-state index contributed by atoms with van der Waals surface area (Å²) in [6.45, 7) is 7.12. The molecule has 3 N–H and O–H groups in total. The van der Waals surface area contributed by atoms with Crippen LogP contribution in [0.2, 0.25) is 0 Å². The maximum atomic E-state index is 14.6. The first kappa shape index (κ1) is 23.4. The second-order valence-corrected chi connectivity index (χ2v) is 8.61. The molecular formula is C23H34FN7O2. The van der Waals surface area contributed by atoms with Gasteiger partial charge in [0.15, 0.2) is 11.6 Å². The molecule has 3 heterocycles. The van der Waals surface area contributed by atoms with Gasteiger partial charge in [-0.3, -0.25) is 4.90 Å². The molecule has 1 aromatic carbocycles. The van der Waals surface area contributed by atoms with Gasteiger partial charge in [0.1, 0.15) is 0 Å². The van der Waals surface area contributed by atoms with Gasteiger partial charge in [-0.1, -0.05) is 6.92 Å². The first-order valence-corrected chi connectivity index (χ1v) is 11.8. The Balaban J connectivity index is 1.61. The molecule has 2 fully saturated rings. The minimum Gasteiger partial charge on any atom is -0.494 e. The fourth-order valence-corrected chi connectivity index (χ4v) is 4.62. The lowest BCUT2D eigenvalue weighted by molar-refractivity contribution is 0.0699. The second kappa shape index (κ2) is 10.9. The number of anilines is 4. The summed E-state index contributed by atoms with van der Waals surface area (Å²) in [5.74, 6) is 1.24. The molecule has 9 nitrogen and oxygen atoms in total. The zero-order valence-corrected chi connectivity index (χ0v) is 19.5. The Kier molecular flexibility index (Phi) is 7.77. The van der Waals surface area contributed by atoms with Crippen molar-refractivity contribution in [1.82, 2.24) is 19.9 Å². The Bertz CT molecular complexity index is 926. The van der Waals surface area contributed by atoms with E-state index >= 15 is 0 Å². The number of nitrogens with zero attached hydrogens (tertiary/aromatic N) is 5. The topological polar surface area (TPSA) is 102 Å². The maximum Gasteiger partial charge on any atom is 0.236 e. The molecule has 2 aromatic rings. The van der Waals surface area contributed by atoms with Gasteiger partial charge < -0.3 is 25.4 Å². The van der Waals surface area contributed by atoms with Crippen molar-refractivity contribution in [3.63, 3.8) is 0 Å². The average molecular weight is 460 g/mol. The van der Waals surface area contributed by atoms with Crippen molar-refractivity contribution in [2.24, 2.45) is 5.92 Å². The summed E-state index contributed by atoms with van der Waals surface area (Å²) in [5.41, 5.74) is 6.72. The van der Waals surface area contributed by atoms with Gasteiger partial charge in [0, 0.05) is 44.1 Å². The molecule has 1 aromatic heterocycles. The van der Waals surface area contributed by atoms with Crippen molar-refractivity contribution in [2.45, 2.75) is 38.6 Å². The standard InChI is InChI=1S/C23H34FN7O2/c1-3-30-10-4-5-18(30)15-31(17-6-7-20(32-2)19(24)13-17)23-28-21(25)27-22(29-23)26-14-16-8-11-33-12-9-16/h6-7,13,16,18H,3-5,8-12,14-15H2,1-2H3,(H3,25,26,27,28,29). The molecule has 1 atom stereocenters. The monoisotopic (exact) mass is 459 g/mol. The van der Waals surface area contributed by atoms with Crippen LogP contribution in [0.5, 0.6) is 5.75 Å². The van der Waals surface area contributed by atoms with Crippen LogP contribution in [0, 0.1) is 11.7 Å². The highest BCUT2D eigenvalue weighted by molar-refractivity contribution is 5.60. The lowest BCUT2D eigenvalue weighted by atomic mass is 10.0. The van der Waals surface area contributed by atoms with E-state index < -0.39 is 5.82 Å². The first-order valence-electron chi connectivity index (χ1n) is 11.8. The normalized spacial score (nSPS) is 19.5. The van der Waals surface area contributed by atoms with Crippen molar-refractivity contribution in [3.05, 3.63) is 24.0 Å². The van der Waals surface area contributed by atoms with Gasteiger partial charge in [-0.15, -0.1) is 0 Å². The molecule has 2 aliphatic rings. The van der Waals surface area contributed by atoms with E-state index in [0.29, 0.717) is 36.1 Å². The van der Waals surface area contributed by atoms with Gasteiger partial charge in [-0.05, 0) is 56.8 Å². The zero-order chi connectivity index (χ0) is 23.2. The molecule has 0 spiro atoms. The number of methoxy groups -OCH3 is 1. The Labute approximate surface area is 194 Å². The average Bonchev–Trinajstić information content (AvgIpc) is 3.29. The Hall–Kier alpha value is -2.72. The quantitative estimate of drug-likeness (QED) is 0.586. The number of benzene rings is 1. The number of rotatable bonds is 9. The molecule has 1 unspecified atom stereocenters. The van der Waals surface area contributed by atoms with Crippen LogP contribution in [-0.2, 0) is 4.74 Å². The minimum absolute atomic E-state index is 0.132. The fourth-order valence-electron chi connectivity index (χ4n) is 4.62. The van der Waals surface area contributed by atoms with Gasteiger partial charge in [0.2, 0.25) is 17.8 Å². The van der Waals surface area contributed by atoms with Gasteiger partial charge in [-0.25, -0.2) is 4.39 Å². The summed E-state index contributed by atoms with van der Waals surface area (Å²) >= 11 is 0. The summed E-state index contributed by atoms with van der Waals surface area (Å²) in [7, 11) is 1.45. The van der Waals surface area contributed by atoms with Crippen molar-refractivity contribution in [2.75, 3.05) is 62.5 Å². The van der Waals surface area contributed by atoms with Crippen LogP contribution in [-0.4, -0.2) is 72.4 Å². The fraction of sp³-hybridized carbons (Fsp3) is 0.609. The number of halogens is 1. The molecule has 33 heavy (non-hydrogen) atoms. The van der Waals surface area contributed by atoms with Gasteiger partial charge in [0.25, 0.3) is 0 Å². The molecule has 10 heteroatoms. The number of nitrogen functional groups attached to an aromatic ring is 1. The van der Waals surface area contributed by atoms with Crippen LogP contribution in [0.1, 0.15) is 32.6 Å². The van der Waals surface area contributed by atoms with Crippen molar-refractivity contribution < 1.29 is 13.9 Å². The summed E-state index contributed by atoms with van der Waals surface area (Å²) in [4.78, 5) is 17.7. The van der Waals surface area contributed by atoms with Gasteiger partial charge in [-0.2, -0.15) is 15.0 Å². The largest absolute Gasteiger partial charge is 0.494 e. The number of likely N-dealkylation sites (N-methyl/N-ethyl adjacent to an activating group) is 1. The molecule has 0 bridgehead atoms. The predicted octanol–water partition coefficient (Wildman–Crippen LogP) is 3.06. The number of nitrogens with one attached hydrogen (secondary N) is 1. The lowest BCUT2D eigenvalue weighted by Crippen LogP contribution is -2.39. The number of nitrogens with two attached hydrogens (primary N) is 1. The summed E-state index contributed by atoms with van der Waals surface area (Å²) in [6.07, 6.45) is 4.22. The number of ether oxygens (including phenoxy) is 2. The van der Waals surface area contributed by atoms with E-state index in [1.54, 1.807) is 6.07 Å². The summed E-state index contributed by atoms with van der Waals surface area (Å²) < 4.78 is 25.1. The maximum absolute atomic E-state index is 14.6. The van der Waals surface area contributed by atoms with Crippen molar-refractivity contribution >= 4 is 23.5 Å². The molecule has 2 aliphatic heterocycles. The highest BCUT2D eigenvalue weighted by Gasteiger charge is 2.28. The zero-order valence-electron chi connectivity index (χ0n) is 19.5. The van der Waals surface area contributed by atoms with Crippen LogP contribution in [0.4, 0.5) is 27.9 Å². The first-order chi connectivity index (χ1) is 16.1. The van der Waals surface area contributed by atoms with E-state index in [1.165, 1.54) is 13.2 Å². The van der Waals surface area contributed by atoms with E-state index in [0.717, 1.165) is 58.5 Å².